The molecule has 2 N–H and O–H groups in total. The molecule has 2 rings (SSSR count). The molecule has 1 unspecified atom stereocenters. The monoisotopic (exact) mass is 285 g/mol. The van der Waals surface area contributed by atoms with Crippen LogP contribution in [0.25, 0.3) is 0 Å². The van der Waals surface area contributed by atoms with Gasteiger partial charge in [-0.1, -0.05) is 0 Å². The van der Waals surface area contributed by atoms with Crippen molar-refractivity contribution in [1.29, 1.82) is 0 Å². The summed E-state index contributed by atoms with van der Waals surface area (Å²) in [4.78, 5) is 8.38. The van der Waals surface area contributed by atoms with E-state index in [0.29, 0.717) is 6.04 Å². The van der Waals surface area contributed by atoms with Gasteiger partial charge in [0.1, 0.15) is 0 Å². The third-order valence-corrected chi connectivity index (χ3v) is 3.98. The number of imidazole rings is 1. The van der Waals surface area contributed by atoms with Crippen LogP contribution < -0.4 is 5.32 Å². The molecule has 80 valence electrons. The average molecular weight is 286 g/mol. The van der Waals surface area contributed by atoms with E-state index in [1.165, 1.54) is 8.66 Å². The molecule has 0 fully saturated rings. The molecule has 15 heavy (non-hydrogen) atoms. The average Bonchev–Trinajstić information content (AvgIpc) is 2.84. The Bertz CT molecular complexity index is 410. The van der Waals surface area contributed by atoms with Gasteiger partial charge in [-0.3, -0.25) is 0 Å². The van der Waals surface area contributed by atoms with Crippen LogP contribution in [0.5, 0.6) is 0 Å². The number of aromatic nitrogens is 2. The molecular weight excluding hydrogens is 274 g/mol. The van der Waals surface area contributed by atoms with Crippen LogP contribution in [0.2, 0.25) is 0 Å². The van der Waals surface area contributed by atoms with Crippen molar-refractivity contribution >= 4 is 27.3 Å². The summed E-state index contributed by atoms with van der Waals surface area (Å²) in [5.74, 6) is 0. The number of hydrogen-bond acceptors (Lipinski definition) is 3. The van der Waals surface area contributed by atoms with E-state index in [0.717, 1.165) is 12.2 Å². The molecule has 0 amide bonds. The van der Waals surface area contributed by atoms with Gasteiger partial charge in [-0.2, -0.15) is 0 Å². The summed E-state index contributed by atoms with van der Waals surface area (Å²) >= 11 is 5.23. The fraction of sp³-hybridized carbons (Fsp3) is 0.300. The van der Waals surface area contributed by atoms with Crippen LogP contribution in [-0.4, -0.2) is 9.97 Å². The van der Waals surface area contributed by atoms with E-state index in [1.54, 1.807) is 17.7 Å². The highest BCUT2D eigenvalue weighted by atomic mass is 79.9. The van der Waals surface area contributed by atoms with Crippen LogP contribution in [-0.2, 0) is 6.54 Å². The Hall–Kier alpha value is -0.650. The predicted molar refractivity (Wildman–Crippen MR) is 65.9 cm³/mol. The van der Waals surface area contributed by atoms with Gasteiger partial charge in [0.15, 0.2) is 0 Å². The van der Waals surface area contributed by atoms with Crippen LogP contribution in [0, 0.1) is 0 Å². The van der Waals surface area contributed by atoms with E-state index < -0.39 is 0 Å². The highest BCUT2D eigenvalue weighted by molar-refractivity contribution is 9.11. The Labute approximate surface area is 101 Å². The van der Waals surface area contributed by atoms with Gasteiger partial charge in [-0.05, 0) is 35.0 Å². The van der Waals surface area contributed by atoms with Crippen molar-refractivity contribution in [3.05, 3.63) is 39.0 Å². The van der Waals surface area contributed by atoms with Crippen LogP contribution in [0.4, 0.5) is 0 Å². The van der Waals surface area contributed by atoms with E-state index in [-0.39, 0.29) is 0 Å². The van der Waals surface area contributed by atoms with Gasteiger partial charge < -0.3 is 10.3 Å². The van der Waals surface area contributed by atoms with Crippen molar-refractivity contribution in [1.82, 2.24) is 15.3 Å². The fourth-order valence-corrected chi connectivity index (χ4v) is 2.76. The molecule has 2 heterocycles. The lowest BCUT2D eigenvalue weighted by molar-refractivity contribution is 0.577. The first-order valence-corrected chi connectivity index (χ1v) is 6.32. The summed E-state index contributed by atoms with van der Waals surface area (Å²) in [6.45, 7) is 2.98. The smallest absolute Gasteiger partial charge is 0.0922 e. The third kappa shape index (κ3) is 2.90. The molecule has 0 bridgehead atoms. The Morgan fingerprint density at radius 2 is 2.47 bits per heavy atom. The maximum atomic E-state index is 3.98. The second-order valence-electron chi connectivity index (χ2n) is 3.32. The largest absolute Gasteiger partial charge is 0.347 e. The zero-order valence-corrected chi connectivity index (χ0v) is 10.7. The maximum absolute atomic E-state index is 3.98. The number of hydrogen-bond donors (Lipinski definition) is 2. The Morgan fingerprint density at radius 3 is 3.07 bits per heavy atom. The first-order chi connectivity index (χ1) is 7.25. The first-order valence-electron chi connectivity index (χ1n) is 4.71. The predicted octanol–water partition coefficient (Wildman–Crippen LogP) is 3.08. The molecular formula is C10H12BrN3S. The number of halogens is 1. The lowest BCUT2D eigenvalue weighted by atomic mass is 10.2. The molecule has 0 saturated carbocycles. The lowest BCUT2D eigenvalue weighted by Crippen LogP contribution is -2.17. The van der Waals surface area contributed by atoms with Gasteiger partial charge >= 0.3 is 0 Å². The molecule has 3 nitrogen and oxygen atoms in total. The van der Waals surface area contributed by atoms with Crippen LogP contribution in [0.3, 0.4) is 0 Å². The molecule has 0 aliphatic carbocycles. The minimum absolute atomic E-state index is 0.365. The first kappa shape index (κ1) is 10.9. The highest BCUT2D eigenvalue weighted by Crippen LogP contribution is 2.27. The summed E-state index contributed by atoms with van der Waals surface area (Å²) in [6, 6.07) is 4.58. The van der Waals surface area contributed by atoms with E-state index in [9.17, 15) is 0 Å². The van der Waals surface area contributed by atoms with E-state index >= 15 is 0 Å². The zero-order chi connectivity index (χ0) is 10.7. The van der Waals surface area contributed by atoms with Gasteiger partial charge in [0.25, 0.3) is 0 Å². The van der Waals surface area contributed by atoms with Crippen molar-refractivity contribution in [3.63, 3.8) is 0 Å². The standard InChI is InChI=1S/C10H12BrN3S/c1-7(9-2-3-10(11)15-9)13-5-8-4-12-6-14-8/h2-4,6-7,13H,5H2,1H3,(H,12,14). The topological polar surface area (TPSA) is 40.7 Å². The molecule has 0 aliphatic rings. The minimum Gasteiger partial charge on any atom is -0.347 e. The van der Waals surface area contributed by atoms with Crippen molar-refractivity contribution in [2.24, 2.45) is 0 Å². The molecule has 0 aliphatic heterocycles. The summed E-state index contributed by atoms with van der Waals surface area (Å²) in [5.41, 5.74) is 1.11. The third-order valence-electron chi connectivity index (χ3n) is 2.17. The maximum Gasteiger partial charge on any atom is 0.0922 e. The Balaban J connectivity index is 1.90. The van der Waals surface area contributed by atoms with Gasteiger partial charge in [0, 0.05) is 29.4 Å². The molecule has 0 radical (unpaired) electrons. The van der Waals surface area contributed by atoms with E-state index in [1.807, 2.05) is 6.20 Å². The van der Waals surface area contributed by atoms with Crippen molar-refractivity contribution in [2.75, 3.05) is 0 Å². The highest BCUT2D eigenvalue weighted by Gasteiger charge is 2.07. The number of nitrogens with zero attached hydrogens (tertiary/aromatic N) is 1. The fourth-order valence-electron chi connectivity index (χ4n) is 1.31. The summed E-state index contributed by atoms with van der Waals surface area (Å²) in [6.07, 6.45) is 3.54. The van der Waals surface area contributed by atoms with Crippen LogP contribution in [0.1, 0.15) is 23.5 Å². The molecule has 2 aromatic heterocycles. The van der Waals surface area contributed by atoms with Crippen LogP contribution in [0.15, 0.2) is 28.4 Å². The SMILES string of the molecule is CC(NCc1cnc[nH]1)c1ccc(Br)s1. The molecule has 1 atom stereocenters. The van der Waals surface area contributed by atoms with Gasteiger partial charge in [-0.15, -0.1) is 11.3 Å². The number of rotatable bonds is 4. The molecule has 0 aromatic carbocycles. The zero-order valence-electron chi connectivity index (χ0n) is 8.33. The van der Waals surface area contributed by atoms with Gasteiger partial charge in [0.2, 0.25) is 0 Å². The second kappa shape index (κ2) is 4.92. The lowest BCUT2D eigenvalue weighted by Gasteiger charge is -2.10. The number of nitrogens with one attached hydrogen (secondary N) is 2. The van der Waals surface area contributed by atoms with Gasteiger partial charge in [0.05, 0.1) is 10.1 Å². The van der Waals surface area contributed by atoms with Crippen molar-refractivity contribution in [2.45, 2.75) is 19.5 Å². The number of thiophene rings is 1. The Morgan fingerprint density at radius 1 is 1.60 bits per heavy atom. The quantitative estimate of drug-likeness (QED) is 0.906. The van der Waals surface area contributed by atoms with Crippen molar-refractivity contribution in [3.8, 4) is 0 Å². The van der Waals surface area contributed by atoms with Crippen molar-refractivity contribution < 1.29 is 0 Å². The molecule has 0 saturated heterocycles. The summed E-state index contributed by atoms with van der Waals surface area (Å²) in [5, 5.41) is 3.43. The van der Waals surface area contributed by atoms with Gasteiger partial charge in [-0.25, -0.2) is 4.98 Å². The molecule has 0 spiro atoms. The van der Waals surface area contributed by atoms with Crippen LogP contribution >= 0.6 is 27.3 Å². The minimum atomic E-state index is 0.365. The summed E-state index contributed by atoms with van der Waals surface area (Å²) < 4.78 is 1.17. The van der Waals surface area contributed by atoms with E-state index in [4.69, 9.17) is 0 Å². The number of H-pyrrole nitrogens is 1. The Kier molecular flexibility index (Phi) is 3.56. The van der Waals surface area contributed by atoms with E-state index in [2.05, 4.69) is 50.3 Å². The number of aromatic amines is 1. The normalized spacial score (nSPS) is 12.9. The second-order valence-corrected chi connectivity index (χ2v) is 5.82. The molecule has 2 aromatic rings. The molecule has 5 heteroatoms. The summed E-state index contributed by atoms with van der Waals surface area (Å²) in [7, 11) is 0.